The average molecular weight is 381 g/mol. The van der Waals surface area contributed by atoms with Crippen LogP contribution in [0.3, 0.4) is 0 Å². The Morgan fingerprint density at radius 3 is 3.04 bits per heavy atom. The van der Waals surface area contributed by atoms with Crippen molar-refractivity contribution in [2.75, 3.05) is 25.5 Å². The Hall–Kier alpha value is -2.12. The quantitative estimate of drug-likeness (QED) is 0.800. The second-order valence-corrected chi connectivity index (χ2v) is 6.28. The first kappa shape index (κ1) is 20.2. The third-order valence-corrected chi connectivity index (χ3v) is 4.37. The number of nitrogens with zero attached hydrogens (tertiary/aromatic N) is 2. The molecule has 3 rings (SSSR count). The number of nitrogens with one attached hydrogen (secondary N) is 2. The van der Waals surface area contributed by atoms with Crippen LogP contribution in [0.4, 0.5) is 5.69 Å². The molecular formula is C18H25ClN4O3. The van der Waals surface area contributed by atoms with Crippen molar-refractivity contribution in [1.29, 1.82) is 0 Å². The number of rotatable bonds is 6. The fourth-order valence-corrected chi connectivity index (χ4v) is 3.07. The molecule has 0 spiro atoms. The predicted octanol–water partition coefficient (Wildman–Crippen LogP) is 2.61. The van der Waals surface area contributed by atoms with Gasteiger partial charge in [-0.3, -0.25) is 4.79 Å². The fourth-order valence-electron chi connectivity index (χ4n) is 3.07. The summed E-state index contributed by atoms with van der Waals surface area (Å²) in [5.41, 5.74) is 0.629. The molecular weight excluding hydrogens is 356 g/mol. The Balaban J connectivity index is 0.00000243. The molecule has 1 aliphatic rings. The highest BCUT2D eigenvalue weighted by molar-refractivity contribution is 5.93. The molecule has 26 heavy (non-hydrogen) atoms. The largest absolute Gasteiger partial charge is 0.495 e. The Bertz CT molecular complexity index is 699. The summed E-state index contributed by atoms with van der Waals surface area (Å²) in [6, 6.07) is 7.28. The van der Waals surface area contributed by atoms with Gasteiger partial charge in [-0.25, -0.2) is 0 Å². The highest BCUT2D eigenvalue weighted by Crippen LogP contribution is 2.23. The number of amides is 1. The van der Waals surface area contributed by atoms with Crippen LogP contribution in [0.5, 0.6) is 5.75 Å². The van der Waals surface area contributed by atoms with Gasteiger partial charge in [0.15, 0.2) is 5.82 Å². The third-order valence-electron chi connectivity index (χ3n) is 4.37. The summed E-state index contributed by atoms with van der Waals surface area (Å²) in [6.07, 6.45) is 4.31. The molecule has 1 amide bonds. The summed E-state index contributed by atoms with van der Waals surface area (Å²) >= 11 is 0. The van der Waals surface area contributed by atoms with E-state index in [1.54, 1.807) is 19.2 Å². The SMILES string of the molecule is COc1ccccc1NC(=O)Cc1noc(CC2CCCNCC2)n1.Cl. The number of carbonyl (C=O) groups is 1. The van der Waals surface area contributed by atoms with Gasteiger partial charge in [-0.15, -0.1) is 12.4 Å². The lowest BCUT2D eigenvalue weighted by atomic mass is 9.97. The monoisotopic (exact) mass is 380 g/mol. The van der Waals surface area contributed by atoms with E-state index in [9.17, 15) is 4.79 Å². The molecule has 1 atom stereocenters. The maximum absolute atomic E-state index is 12.2. The van der Waals surface area contributed by atoms with Crippen molar-refractivity contribution in [2.24, 2.45) is 5.92 Å². The van der Waals surface area contributed by atoms with Crippen LogP contribution in [0.1, 0.15) is 31.0 Å². The number of ether oxygens (including phenoxy) is 1. The van der Waals surface area contributed by atoms with E-state index in [-0.39, 0.29) is 24.7 Å². The lowest BCUT2D eigenvalue weighted by Gasteiger charge is -2.09. The fraction of sp³-hybridized carbons (Fsp3) is 0.500. The van der Waals surface area contributed by atoms with Crippen LogP contribution < -0.4 is 15.4 Å². The number of halogens is 1. The van der Waals surface area contributed by atoms with E-state index in [1.165, 1.54) is 12.8 Å². The highest BCUT2D eigenvalue weighted by atomic mass is 35.5. The van der Waals surface area contributed by atoms with Crippen LogP contribution in [0.25, 0.3) is 0 Å². The zero-order chi connectivity index (χ0) is 17.5. The molecule has 0 saturated carbocycles. The maximum atomic E-state index is 12.2. The zero-order valence-electron chi connectivity index (χ0n) is 14.9. The summed E-state index contributed by atoms with van der Waals surface area (Å²) < 4.78 is 10.5. The van der Waals surface area contributed by atoms with Crippen molar-refractivity contribution in [3.8, 4) is 5.75 Å². The van der Waals surface area contributed by atoms with Crippen LogP contribution in [0.2, 0.25) is 0 Å². The Morgan fingerprint density at radius 2 is 2.19 bits per heavy atom. The van der Waals surface area contributed by atoms with Gasteiger partial charge < -0.3 is 19.9 Å². The molecule has 1 unspecified atom stereocenters. The summed E-state index contributed by atoms with van der Waals surface area (Å²) in [5.74, 6) is 2.01. The third kappa shape index (κ3) is 5.71. The molecule has 0 radical (unpaired) electrons. The zero-order valence-corrected chi connectivity index (χ0v) is 15.7. The van der Waals surface area contributed by atoms with Crippen LogP contribution in [-0.2, 0) is 17.6 Å². The van der Waals surface area contributed by atoms with Crippen molar-refractivity contribution in [3.63, 3.8) is 0 Å². The number of hydrogen-bond acceptors (Lipinski definition) is 6. The van der Waals surface area contributed by atoms with Crippen LogP contribution in [0, 0.1) is 5.92 Å². The number of carbonyl (C=O) groups excluding carboxylic acids is 1. The van der Waals surface area contributed by atoms with Gasteiger partial charge in [0.1, 0.15) is 5.75 Å². The molecule has 142 valence electrons. The Morgan fingerprint density at radius 1 is 1.35 bits per heavy atom. The number of hydrogen-bond donors (Lipinski definition) is 2. The van der Waals surface area contributed by atoms with Crippen LogP contribution in [-0.4, -0.2) is 36.2 Å². The maximum Gasteiger partial charge on any atom is 0.232 e. The number of methoxy groups -OCH3 is 1. The Labute approximate surface area is 159 Å². The number of aromatic nitrogens is 2. The van der Waals surface area contributed by atoms with Gasteiger partial charge in [-0.2, -0.15) is 4.98 Å². The molecule has 2 N–H and O–H groups in total. The van der Waals surface area contributed by atoms with E-state index in [1.807, 2.05) is 12.1 Å². The number of benzene rings is 1. The van der Waals surface area contributed by atoms with Crippen molar-refractivity contribution < 1.29 is 14.1 Å². The van der Waals surface area contributed by atoms with E-state index in [4.69, 9.17) is 9.26 Å². The minimum atomic E-state index is -0.199. The lowest BCUT2D eigenvalue weighted by molar-refractivity contribution is -0.115. The van der Waals surface area contributed by atoms with E-state index in [0.717, 1.165) is 25.9 Å². The van der Waals surface area contributed by atoms with Crippen molar-refractivity contribution >= 4 is 24.0 Å². The highest BCUT2D eigenvalue weighted by Gasteiger charge is 2.18. The van der Waals surface area contributed by atoms with E-state index in [2.05, 4.69) is 20.8 Å². The molecule has 1 aliphatic heterocycles. The van der Waals surface area contributed by atoms with E-state index >= 15 is 0 Å². The minimum absolute atomic E-state index is 0. The molecule has 7 nitrogen and oxygen atoms in total. The van der Waals surface area contributed by atoms with Gasteiger partial charge in [-0.1, -0.05) is 17.3 Å². The smallest absolute Gasteiger partial charge is 0.232 e. The molecule has 1 aromatic heterocycles. The molecule has 0 bridgehead atoms. The predicted molar refractivity (Wildman–Crippen MR) is 101 cm³/mol. The second-order valence-electron chi connectivity index (χ2n) is 6.28. The second kappa shape index (κ2) is 10.1. The molecule has 0 aliphatic carbocycles. The van der Waals surface area contributed by atoms with Gasteiger partial charge in [-0.05, 0) is 50.4 Å². The van der Waals surface area contributed by atoms with Gasteiger partial charge >= 0.3 is 0 Å². The van der Waals surface area contributed by atoms with Gasteiger partial charge in [0.05, 0.1) is 19.2 Å². The summed E-state index contributed by atoms with van der Waals surface area (Å²) in [5, 5.41) is 10.1. The van der Waals surface area contributed by atoms with E-state index < -0.39 is 0 Å². The van der Waals surface area contributed by atoms with Crippen molar-refractivity contribution in [1.82, 2.24) is 15.5 Å². The van der Waals surface area contributed by atoms with Gasteiger partial charge in [0, 0.05) is 6.42 Å². The molecule has 1 saturated heterocycles. The first-order valence-corrected chi connectivity index (χ1v) is 8.69. The summed E-state index contributed by atoms with van der Waals surface area (Å²) in [4.78, 5) is 16.6. The van der Waals surface area contributed by atoms with Crippen LogP contribution in [0.15, 0.2) is 28.8 Å². The normalized spacial score (nSPS) is 17.0. The molecule has 2 heterocycles. The standard InChI is InChI=1S/C18H24N4O3.ClH/c1-24-15-7-3-2-6-14(15)20-17(23)12-16-21-18(25-22-16)11-13-5-4-9-19-10-8-13;/h2-3,6-7,13,19H,4-5,8-12H2,1H3,(H,20,23);1H. The molecule has 1 fully saturated rings. The summed E-state index contributed by atoms with van der Waals surface area (Å²) in [6.45, 7) is 2.11. The van der Waals surface area contributed by atoms with Gasteiger partial charge in [0.2, 0.25) is 11.8 Å². The minimum Gasteiger partial charge on any atom is -0.495 e. The summed E-state index contributed by atoms with van der Waals surface area (Å²) in [7, 11) is 1.57. The van der Waals surface area contributed by atoms with Gasteiger partial charge in [0.25, 0.3) is 0 Å². The van der Waals surface area contributed by atoms with Crippen molar-refractivity contribution in [3.05, 3.63) is 36.0 Å². The topological polar surface area (TPSA) is 89.3 Å². The first-order chi connectivity index (χ1) is 12.2. The first-order valence-electron chi connectivity index (χ1n) is 8.69. The molecule has 1 aromatic carbocycles. The average Bonchev–Trinajstić information content (AvgIpc) is 2.88. The lowest BCUT2D eigenvalue weighted by Crippen LogP contribution is -2.16. The molecule has 8 heteroatoms. The van der Waals surface area contributed by atoms with Crippen LogP contribution >= 0.6 is 12.4 Å². The van der Waals surface area contributed by atoms with Crippen molar-refractivity contribution in [2.45, 2.75) is 32.1 Å². The van der Waals surface area contributed by atoms with E-state index in [0.29, 0.717) is 29.1 Å². The number of anilines is 1. The molecule has 2 aromatic rings. The Kier molecular flexibility index (Phi) is 7.87. The number of para-hydroxylation sites is 2.